The summed E-state index contributed by atoms with van der Waals surface area (Å²) >= 11 is 12.5. The number of benzene rings is 1. The number of aryl methyl sites for hydroxylation is 1. The van der Waals surface area contributed by atoms with E-state index in [0.717, 1.165) is 24.8 Å². The largest absolute Gasteiger partial charge is 0.478 e. The van der Waals surface area contributed by atoms with E-state index in [4.69, 9.17) is 28.3 Å². The van der Waals surface area contributed by atoms with E-state index in [1.807, 2.05) is 11.9 Å². The molecule has 1 fully saturated rings. The van der Waals surface area contributed by atoms with Gasteiger partial charge in [-0.1, -0.05) is 35.3 Å². The number of halogens is 2. The van der Waals surface area contributed by atoms with Gasteiger partial charge in [-0.3, -0.25) is 9.69 Å². The lowest BCUT2D eigenvalue weighted by molar-refractivity contribution is 0.0696. The van der Waals surface area contributed by atoms with Crippen molar-refractivity contribution in [2.45, 2.75) is 50.9 Å². The molecule has 1 aromatic carbocycles. The van der Waals surface area contributed by atoms with Gasteiger partial charge in [-0.05, 0) is 56.5 Å². The number of aliphatic hydroxyl groups is 1. The maximum atomic E-state index is 12.7. The van der Waals surface area contributed by atoms with Crippen molar-refractivity contribution < 1.29 is 15.0 Å². The van der Waals surface area contributed by atoms with Crippen LogP contribution < -0.4 is 5.56 Å². The Labute approximate surface area is 179 Å². The van der Waals surface area contributed by atoms with Gasteiger partial charge >= 0.3 is 5.97 Å². The summed E-state index contributed by atoms with van der Waals surface area (Å²) in [5, 5.41) is 19.7. The summed E-state index contributed by atoms with van der Waals surface area (Å²) in [6.45, 7) is 0.785. The van der Waals surface area contributed by atoms with Gasteiger partial charge in [0.1, 0.15) is 5.02 Å². The molecule has 1 saturated carbocycles. The minimum absolute atomic E-state index is 0.0360. The highest BCUT2D eigenvalue weighted by atomic mass is 35.5. The van der Waals surface area contributed by atoms with Crippen molar-refractivity contribution in [1.82, 2.24) is 9.47 Å². The van der Waals surface area contributed by atoms with Gasteiger partial charge in [-0.25, -0.2) is 4.79 Å². The fourth-order valence-electron chi connectivity index (χ4n) is 3.88. The molecule has 2 aromatic rings. The number of pyridine rings is 1. The van der Waals surface area contributed by atoms with Crippen LogP contribution in [0.1, 0.15) is 40.9 Å². The second-order valence-electron chi connectivity index (χ2n) is 7.48. The van der Waals surface area contributed by atoms with E-state index in [9.17, 15) is 14.7 Å². The maximum absolute atomic E-state index is 12.7. The van der Waals surface area contributed by atoms with Gasteiger partial charge in [0.2, 0.25) is 0 Å². The molecule has 1 heterocycles. The number of nitrogens with zero attached hydrogens (tertiary/aromatic N) is 2. The SMILES string of the molecule is CN(Cc1c(Cl)cc(Cl)c(=O)n1CCc1ccc(C(=O)O)cc1)[C@H]1CCC[C@@H]1O. The second kappa shape index (κ2) is 9.30. The first-order chi connectivity index (χ1) is 13.8. The number of carboxylic acids is 1. The molecule has 1 aliphatic carbocycles. The first kappa shape index (κ1) is 21.8. The minimum atomic E-state index is -0.978. The summed E-state index contributed by atoms with van der Waals surface area (Å²) in [5.41, 5.74) is 1.47. The highest BCUT2D eigenvalue weighted by molar-refractivity contribution is 6.34. The Morgan fingerprint density at radius 2 is 1.90 bits per heavy atom. The molecule has 0 aliphatic heterocycles. The van der Waals surface area contributed by atoms with Gasteiger partial charge in [-0.2, -0.15) is 0 Å². The van der Waals surface area contributed by atoms with E-state index >= 15 is 0 Å². The van der Waals surface area contributed by atoms with Crippen molar-refractivity contribution in [3.63, 3.8) is 0 Å². The zero-order valence-electron chi connectivity index (χ0n) is 16.1. The topological polar surface area (TPSA) is 82.8 Å². The second-order valence-corrected chi connectivity index (χ2v) is 8.29. The Bertz CT molecular complexity index is 943. The van der Waals surface area contributed by atoms with E-state index in [2.05, 4.69) is 0 Å². The predicted molar refractivity (Wildman–Crippen MR) is 113 cm³/mol. The molecule has 0 amide bonds. The first-order valence-electron chi connectivity index (χ1n) is 9.56. The highest BCUT2D eigenvalue weighted by Crippen LogP contribution is 2.26. The van der Waals surface area contributed by atoms with Crippen molar-refractivity contribution in [2.24, 2.45) is 0 Å². The van der Waals surface area contributed by atoms with Gasteiger partial charge in [-0.15, -0.1) is 0 Å². The average molecular weight is 439 g/mol. The third-order valence-corrected chi connectivity index (χ3v) is 6.14. The van der Waals surface area contributed by atoms with Crippen LogP contribution in [0.2, 0.25) is 10.0 Å². The number of carboxylic acid groups (broad SMARTS) is 1. The molecule has 6 nitrogen and oxygen atoms in total. The molecule has 0 spiro atoms. The van der Waals surface area contributed by atoms with E-state index < -0.39 is 5.97 Å². The molecule has 29 heavy (non-hydrogen) atoms. The molecule has 0 radical (unpaired) electrons. The molecule has 3 rings (SSSR count). The number of rotatable bonds is 7. The zero-order valence-corrected chi connectivity index (χ0v) is 17.7. The molecule has 2 atom stereocenters. The van der Waals surface area contributed by atoms with Crippen molar-refractivity contribution >= 4 is 29.2 Å². The van der Waals surface area contributed by atoms with E-state index in [0.29, 0.717) is 30.2 Å². The molecule has 0 unspecified atom stereocenters. The van der Waals surface area contributed by atoms with Crippen LogP contribution >= 0.6 is 23.2 Å². The lowest BCUT2D eigenvalue weighted by Gasteiger charge is -2.28. The third-order valence-electron chi connectivity index (χ3n) is 5.54. The molecular formula is C21H24Cl2N2O4. The Morgan fingerprint density at radius 1 is 1.21 bits per heavy atom. The van der Waals surface area contributed by atoms with Crippen LogP contribution in [0, 0.1) is 0 Å². The monoisotopic (exact) mass is 438 g/mol. The van der Waals surface area contributed by atoms with Crippen LogP contribution in [0.15, 0.2) is 35.1 Å². The Hall–Kier alpha value is -1.86. The van der Waals surface area contributed by atoms with Gasteiger partial charge < -0.3 is 14.8 Å². The first-order valence-corrected chi connectivity index (χ1v) is 10.3. The number of hydrogen-bond acceptors (Lipinski definition) is 4. The maximum Gasteiger partial charge on any atom is 0.335 e. The molecule has 2 N–H and O–H groups in total. The minimum Gasteiger partial charge on any atom is -0.478 e. The summed E-state index contributed by atoms with van der Waals surface area (Å²) in [6, 6.07) is 8.07. The van der Waals surface area contributed by atoms with Crippen molar-refractivity contribution in [1.29, 1.82) is 0 Å². The van der Waals surface area contributed by atoms with Crippen molar-refractivity contribution in [3.8, 4) is 0 Å². The molecule has 1 aromatic heterocycles. The third kappa shape index (κ3) is 5.01. The highest BCUT2D eigenvalue weighted by Gasteiger charge is 2.29. The van der Waals surface area contributed by atoms with Crippen LogP contribution in [0.3, 0.4) is 0 Å². The van der Waals surface area contributed by atoms with Crippen LogP contribution in [0.4, 0.5) is 0 Å². The Kier molecular flexibility index (Phi) is 7.01. The van der Waals surface area contributed by atoms with Gasteiger partial charge in [0.15, 0.2) is 0 Å². The molecule has 0 saturated heterocycles. The number of likely N-dealkylation sites (N-methyl/N-ethyl adjacent to an activating group) is 1. The number of carbonyl (C=O) groups is 1. The smallest absolute Gasteiger partial charge is 0.335 e. The standard InChI is InChI=1S/C21H24Cl2N2O4/c1-24(17-3-2-4-19(17)26)12-18-15(22)11-16(23)20(27)25(18)10-9-13-5-7-14(8-6-13)21(28)29/h5-8,11,17,19,26H,2-4,9-10,12H2,1H3,(H,28,29)/t17-,19-/m0/s1. The van der Waals surface area contributed by atoms with Gasteiger partial charge in [0, 0.05) is 19.1 Å². The van der Waals surface area contributed by atoms with Crippen LogP contribution in [0.5, 0.6) is 0 Å². The van der Waals surface area contributed by atoms with E-state index in [-0.39, 0.29) is 28.3 Å². The number of aromatic nitrogens is 1. The average Bonchev–Trinajstić information content (AvgIpc) is 3.12. The van der Waals surface area contributed by atoms with Crippen LogP contribution in [0.25, 0.3) is 0 Å². The number of aromatic carboxylic acids is 1. The van der Waals surface area contributed by atoms with Crippen LogP contribution in [-0.2, 0) is 19.5 Å². The van der Waals surface area contributed by atoms with Gasteiger partial charge in [0.25, 0.3) is 5.56 Å². The molecule has 8 heteroatoms. The lowest BCUT2D eigenvalue weighted by Crippen LogP contribution is -2.39. The fourth-order valence-corrected chi connectivity index (χ4v) is 4.42. The molecule has 0 bridgehead atoms. The normalized spacial score (nSPS) is 19.1. The Morgan fingerprint density at radius 3 is 2.48 bits per heavy atom. The summed E-state index contributed by atoms with van der Waals surface area (Å²) in [4.78, 5) is 25.7. The lowest BCUT2D eigenvalue weighted by atomic mass is 10.1. The predicted octanol–water partition coefficient (Wildman–Crippen LogP) is 3.44. The van der Waals surface area contributed by atoms with Crippen LogP contribution in [-0.4, -0.2) is 44.8 Å². The van der Waals surface area contributed by atoms with Gasteiger partial charge in [0.05, 0.1) is 22.4 Å². The molecule has 1 aliphatic rings. The number of aliphatic hydroxyl groups excluding tert-OH is 1. The van der Waals surface area contributed by atoms with E-state index in [1.165, 1.54) is 6.07 Å². The summed E-state index contributed by atoms with van der Waals surface area (Å²) in [6.07, 6.45) is 2.81. The summed E-state index contributed by atoms with van der Waals surface area (Å²) < 4.78 is 1.58. The summed E-state index contributed by atoms with van der Waals surface area (Å²) in [7, 11) is 1.92. The van der Waals surface area contributed by atoms with Crippen molar-refractivity contribution in [2.75, 3.05) is 7.05 Å². The number of hydrogen-bond donors (Lipinski definition) is 2. The quantitative estimate of drug-likeness (QED) is 0.691. The Balaban J connectivity index is 1.83. The molecule has 156 valence electrons. The van der Waals surface area contributed by atoms with Crippen molar-refractivity contribution in [3.05, 3.63) is 67.6 Å². The summed E-state index contributed by atoms with van der Waals surface area (Å²) in [5.74, 6) is -0.978. The van der Waals surface area contributed by atoms with E-state index in [1.54, 1.807) is 28.8 Å². The zero-order chi connectivity index (χ0) is 21.1. The fraction of sp³-hybridized carbons (Fsp3) is 0.429. The molecular weight excluding hydrogens is 415 g/mol.